The molecule has 0 saturated carbocycles. The largest absolute Gasteiger partial charge is 0.464 e. The molecule has 1 unspecified atom stereocenters. The molecule has 1 aromatic rings. The van der Waals surface area contributed by atoms with Crippen molar-refractivity contribution in [3.8, 4) is 11.5 Å². The number of fused-ring (bicyclic) bond motifs is 1. The molecule has 0 amide bonds. The van der Waals surface area contributed by atoms with Crippen LogP contribution in [0.3, 0.4) is 0 Å². The number of carbonyl (C=O) groups excluding carboxylic acids is 1. The minimum absolute atomic E-state index is 0.00299. The first kappa shape index (κ1) is 14.9. The van der Waals surface area contributed by atoms with Crippen molar-refractivity contribution in [2.45, 2.75) is 32.8 Å². The quantitative estimate of drug-likeness (QED) is 0.866. The summed E-state index contributed by atoms with van der Waals surface area (Å²) in [4.78, 5) is 11.8. The molecule has 2 rings (SSSR count). The summed E-state index contributed by atoms with van der Waals surface area (Å²) >= 11 is 6.19. The van der Waals surface area contributed by atoms with Crippen LogP contribution in [0.15, 0.2) is 6.07 Å². The molecule has 0 radical (unpaired) electrons. The first-order chi connectivity index (χ1) is 9.47. The number of aliphatic hydroxyl groups excluding tert-OH is 1. The maximum absolute atomic E-state index is 11.8. The molecule has 0 fully saturated rings. The lowest BCUT2D eigenvalue weighted by Crippen LogP contribution is -2.18. The Labute approximate surface area is 122 Å². The van der Waals surface area contributed by atoms with Crippen molar-refractivity contribution in [2.24, 2.45) is 0 Å². The van der Waals surface area contributed by atoms with Gasteiger partial charge in [0.2, 0.25) is 6.79 Å². The Balaban J connectivity index is 2.54. The third kappa shape index (κ3) is 2.55. The average Bonchev–Trinajstić information content (AvgIpc) is 2.83. The van der Waals surface area contributed by atoms with Crippen LogP contribution in [0.1, 0.15) is 43.9 Å². The molecule has 1 aromatic carbocycles. The molecule has 0 aliphatic carbocycles. The molecular weight excluding hydrogens is 284 g/mol. The standard InChI is InChI=1S/C14H17ClO5/c1-4-18-14(17)12(16)11-8(15)5-9-13(20-6-19-9)10(11)7(2)3/h5,7,12,16H,4,6H2,1-3H3. The van der Waals surface area contributed by atoms with Gasteiger partial charge in [-0.2, -0.15) is 0 Å². The second-order valence-electron chi connectivity index (χ2n) is 4.73. The molecule has 5 nitrogen and oxygen atoms in total. The molecule has 1 atom stereocenters. The lowest BCUT2D eigenvalue weighted by atomic mass is 9.92. The van der Waals surface area contributed by atoms with Gasteiger partial charge in [-0.3, -0.25) is 0 Å². The maximum atomic E-state index is 11.8. The van der Waals surface area contributed by atoms with Crippen molar-refractivity contribution < 1.29 is 24.1 Å². The fourth-order valence-corrected chi connectivity index (χ4v) is 2.54. The highest BCUT2D eigenvalue weighted by atomic mass is 35.5. The van der Waals surface area contributed by atoms with Crippen LogP contribution < -0.4 is 9.47 Å². The third-order valence-corrected chi connectivity index (χ3v) is 3.36. The molecule has 0 saturated heterocycles. The van der Waals surface area contributed by atoms with Gasteiger partial charge >= 0.3 is 5.97 Å². The predicted octanol–water partition coefficient (Wildman–Crippen LogP) is 2.79. The minimum Gasteiger partial charge on any atom is -0.464 e. The van der Waals surface area contributed by atoms with Gasteiger partial charge in [0.1, 0.15) is 0 Å². The zero-order chi connectivity index (χ0) is 14.9. The number of halogens is 1. The normalized spacial score (nSPS) is 14.5. The number of carbonyl (C=O) groups is 1. The average molecular weight is 301 g/mol. The van der Waals surface area contributed by atoms with E-state index < -0.39 is 12.1 Å². The van der Waals surface area contributed by atoms with Gasteiger partial charge in [0, 0.05) is 17.2 Å². The lowest BCUT2D eigenvalue weighted by molar-refractivity contribution is -0.153. The highest BCUT2D eigenvalue weighted by Gasteiger charge is 2.32. The zero-order valence-electron chi connectivity index (χ0n) is 11.6. The van der Waals surface area contributed by atoms with E-state index in [0.29, 0.717) is 22.6 Å². The number of hydrogen-bond donors (Lipinski definition) is 1. The molecule has 1 heterocycles. The summed E-state index contributed by atoms with van der Waals surface area (Å²) in [5.41, 5.74) is 0.995. The molecule has 1 N–H and O–H groups in total. The number of esters is 1. The fourth-order valence-electron chi connectivity index (χ4n) is 2.24. The van der Waals surface area contributed by atoms with Crippen LogP contribution >= 0.6 is 11.6 Å². The molecular formula is C14H17ClO5. The Hall–Kier alpha value is -1.46. The summed E-state index contributed by atoms with van der Waals surface area (Å²) < 4.78 is 15.6. The molecule has 0 bridgehead atoms. The number of rotatable bonds is 4. The van der Waals surface area contributed by atoms with Crippen molar-refractivity contribution in [3.05, 3.63) is 22.2 Å². The second-order valence-corrected chi connectivity index (χ2v) is 5.14. The smallest absolute Gasteiger partial charge is 0.339 e. The molecule has 0 aromatic heterocycles. The van der Waals surface area contributed by atoms with Gasteiger partial charge in [0.25, 0.3) is 0 Å². The molecule has 1 aliphatic heterocycles. The van der Waals surface area contributed by atoms with E-state index >= 15 is 0 Å². The van der Waals surface area contributed by atoms with Crippen molar-refractivity contribution in [3.63, 3.8) is 0 Å². The number of hydrogen-bond acceptors (Lipinski definition) is 5. The Morgan fingerprint density at radius 1 is 1.45 bits per heavy atom. The van der Waals surface area contributed by atoms with E-state index in [0.717, 1.165) is 0 Å². The van der Waals surface area contributed by atoms with Gasteiger partial charge in [0.05, 0.1) is 11.6 Å². The highest BCUT2D eigenvalue weighted by Crippen LogP contribution is 2.46. The van der Waals surface area contributed by atoms with E-state index in [-0.39, 0.29) is 24.3 Å². The molecule has 20 heavy (non-hydrogen) atoms. The highest BCUT2D eigenvalue weighted by molar-refractivity contribution is 6.32. The first-order valence-corrected chi connectivity index (χ1v) is 6.81. The van der Waals surface area contributed by atoms with Crippen LogP contribution in [0, 0.1) is 0 Å². The van der Waals surface area contributed by atoms with E-state index in [9.17, 15) is 9.90 Å². The topological polar surface area (TPSA) is 65.0 Å². The van der Waals surface area contributed by atoms with E-state index in [1.54, 1.807) is 13.0 Å². The van der Waals surface area contributed by atoms with Crippen LogP contribution in [-0.4, -0.2) is 24.5 Å². The van der Waals surface area contributed by atoms with Gasteiger partial charge in [-0.05, 0) is 12.8 Å². The summed E-state index contributed by atoms with van der Waals surface area (Å²) in [6.07, 6.45) is -1.44. The van der Waals surface area contributed by atoms with Gasteiger partial charge in [0.15, 0.2) is 17.6 Å². The summed E-state index contributed by atoms with van der Waals surface area (Å²) in [6, 6.07) is 1.55. The van der Waals surface area contributed by atoms with Crippen LogP contribution in [0.2, 0.25) is 5.02 Å². The van der Waals surface area contributed by atoms with Crippen molar-refractivity contribution >= 4 is 17.6 Å². The molecule has 0 spiro atoms. The molecule has 1 aliphatic rings. The predicted molar refractivity (Wildman–Crippen MR) is 73.3 cm³/mol. The van der Waals surface area contributed by atoms with Gasteiger partial charge < -0.3 is 19.3 Å². The minimum atomic E-state index is -1.44. The maximum Gasteiger partial charge on any atom is 0.339 e. The van der Waals surface area contributed by atoms with Crippen molar-refractivity contribution in [2.75, 3.05) is 13.4 Å². The third-order valence-electron chi connectivity index (χ3n) is 3.05. The lowest BCUT2D eigenvalue weighted by Gasteiger charge is -2.20. The summed E-state index contributed by atoms with van der Waals surface area (Å²) in [7, 11) is 0. The fraction of sp³-hybridized carbons (Fsp3) is 0.500. The van der Waals surface area contributed by atoms with E-state index in [4.69, 9.17) is 25.8 Å². The molecule has 110 valence electrons. The SMILES string of the molecule is CCOC(=O)C(O)c1c(Cl)cc2c(c1C(C)C)OCO2. The van der Waals surface area contributed by atoms with Crippen molar-refractivity contribution in [1.82, 2.24) is 0 Å². The van der Waals surface area contributed by atoms with E-state index in [2.05, 4.69) is 0 Å². The second kappa shape index (κ2) is 5.89. The number of ether oxygens (including phenoxy) is 3. The van der Waals surface area contributed by atoms with Gasteiger partial charge in [-0.1, -0.05) is 25.4 Å². The summed E-state index contributed by atoms with van der Waals surface area (Å²) in [5.74, 6) is 0.333. The monoisotopic (exact) mass is 300 g/mol. The van der Waals surface area contributed by atoms with Crippen LogP contribution in [0.5, 0.6) is 11.5 Å². The van der Waals surface area contributed by atoms with Crippen LogP contribution in [0.25, 0.3) is 0 Å². The van der Waals surface area contributed by atoms with Gasteiger partial charge in [-0.15, -0.1) is 0 Å². The van der Waals surface area contributed by atoms with Crippen molar-refractivity contribution in [1.29, 1.82) is 0 Å². The zero-order valence-corrected chi connectivity index (χ0v) is 12.4. The Morgan fingerprint density at radius 3 is 2.75 bits per heavy atom. The summed E-state index contributed by atoms with van der Waals surface area (Å²) in [6.45, 7) is 5.82. The van der Waals surface area contributed by atoms with Gasteiger partial charge in [-0.25, -0.2) is 4.79 Å². The Bertz CT molecular complexity index is 527. The first-order valence-electron chi connectivity index (χ1n) is 6.43. The van der Waals surface area contributed by atoms with Crippen LogP contribution in [-0.2, 0) is 9.53 Å². The Kier molecular flexibility index (Phi) is 4.40. The Morgan fingerprint density at radius 2 is 2.15 bits per heavy atom. The summed E-state index contributed by atoms with van der Waals surface area (Å²) in [5, 5.41) is 10.5. The number of benzene rings is 1. The van der Waals surface area contributed by atoms with E-state index in [1.807, 2.05) is 13.8 Å². The van der Waals surface area contributed by atoms with E-state index in [1.165, 1.54) is 0 Å². The number of aliphatic hydroxyl groups is 1. The molecule has 6 heteroatoms. The van der Waals surface area contributed by atoms with Crippen LogP contribution in [0.4, 0.5) is 0 Å².